The predicted molar refractivity (Wildman–Crippen MR) is 74.6 cm³/mol. The number of aryl methyl sites for hydroxylation is 1. The maximum Gasteiger partial charge on any atom is 0.246 e. The maximum atomic E-state index is 12.6. The number of hydrogen-bond donors (Lipinski definition) is 1. The molecule has 2 amide bonds. The summed E-state index contributed by atoms with van der Waals surface area (Å²) in [6, 6.07) is -0.886. The molecular weight excluding hydrogens is 256 g/mol. The van der Waals surface area contributed by atoms with Crippen LogP contribution in [0.25, 0.3) is 0 Å². The van der Waals surface area contributed by atoms with Crippen LogP contribution in [0.1, 0.15) is 33.0 Å². The van der Waals surface area contributed by atoms with Gasteiger partial charge in [0.1, 0.15) is 17.9 Å². The van der Waals surface area contributed by atoms with E-state index in [9.17, 15) is 9.59 Å². The Labute approximate surface area is 119 Å². The highest BCUT2D eigenvalue weighted by Crippen LogP contribution is 2.19. The number of rotatable bonds is 4. The van der Waals surface area contributed by atoms with Crippen LogP contribution < -0.4 is 5.32 Å². The summed E-state index contributed by atoms with van der Waals surface area (Å²) in [5, 5.41) is 2.83. The molecule has 0 aliphatic carbocycles. The second-order valence-corrected chi connectivity index (χ2v) is 5.47. The summed E-state index contributed by atoms with van der Waals surface area (Å²) in [5.74, 6) is 0.796. The molecule has 3 unspecified atom stereocenters. The highest BCUT2D eigenvalue weighted by atomic mass is 16.2. The van der Waals surface area contributed by atoms with Crippen LogP contribution in [0.15, 0.2) is 12.4 Å². The van der Waals surface area contributed by atoms with Gasteiger partial charge in [0.05, 0.1) is 6.54 Å². The summed E-state index contributed by atoms with van der Waals surface area (Å²) in [4.78, 5) is 30.5. The van der Waals surface area contributed by atoms with Crippen LogP contribution in [0.3, 0.4) is 0 Å². The lowest BCUT2D eigenvalue weighted by Crippen LogP contribution is -2.63. The molecule has 1 saturated heterocycles. The first-order valence-corrected chi connectivity index (χ1v) is 7.02. The van der Waals surface area contributed by atoms with Gasteiger partial charge in [-0.05, 0) is 12.8 Å². The van der Waals surface area contributed by atoms with Crippen LogP contribution in [0.2, 0.25) is 0 Å². The summed E-state index contributed by atoms with van der Waals surface area (Å²) in [6.07, 6.45) is 4.38. The number of nitrogens with zero attached hydrogens (tertiary/aromatic N) is 3. The van der Waals surface area contributed by atoms with E-state index < -0.39 is 12.1 Å². The Morgan fingerprint density at radius 3 is 2.70 bits per heavy atom. The van der Waals surface area contributed by atoms with E-state index >= 15 is 0 Å². The lowest BCUT2D eigenvalue weighted by atomic mass is 9.94. The van der Waals surface area contributed by atoms with E-state index in [1.54, 1.807) is 18.0 Å². The van der Waals surface area contributed by atoms with Gasteiger partial charge in [0, 0.05) is 19.4 Å². The Balaban J connectivity index is 2.22. The molecule has 20 heavy (non-hydrogen) atoms. The SMILES string of the molecule is CCC(C)C1NC(=O)C(C)N(Cc2nccn2C)C1=O. The summed E-state index contributed by atoms with van der Waals surface area (Å²) in [5.41, 5.74) is 0. The minimum atomic E-state index is -0.459. The quantitative estimate of drug-likeness (QED) is 0.881. The zero-order valence-electron chi connectivity index (χ0n) is 12.5. The molecule has 0 saturated carbocycles. The molecule has 0 radical (unpaired) electrons. The first-order valence-electron chi connectivity index (χ1n) is 7.02. The minimum Gasteiger partial charge on any atom is -0.342 e. The van der Waals surface area contributed by atoms with E-state index in [2.05, 4.69) is 10.3 Å². The van der Waals surface area contributed by atoms with Crippen LogP contribution >= 0.6 is 0 Å². The Morgan fingerprint density at radius 1 is 1.45 bits per heavy atom. The van der Waals surface area contributed by atoms with Crippen molar-refractivity contribution in [2.24, 2.45) is 13.0 Å². The van der Waals surface area contributed by atoms with Crippen molar-refractivity contribution < 1.29 is 9.59 Å². The number of hydrogen-bond acceptors (Lipinski definition) is 3. The molecule has 0 aromatic carbocycles. The van der Waals surface area contributed by atoms with Crippen molar-refractivity contribution in [3.05, 3.63) is 18.2 Å². The van der Waals surface area contributed by atoms with Gasteiger partial charge in [-0.2, -0.15) is 0 Å². The van der Waals surface area contributed by atoms with Gasteiger partial charge in [-0.1, -0.05) is 20.3 Å². The van der Waals surface area contributed by atoms with Crippen molar-refractivity contribution in [3.8, 4) is 0 Å². The molecular formula is C14H22N4O2. The van der Waals surface area contributed by atoms with Gasteiger partial charge < -0.3 is 14.8 Å². The molecule has 0 spiro atoms. The van der Waals surface area contributed by atoms with E-state index in [1.807, 2.05) is 31.7 Å². The summed E-state index contributed by atoms with van der Waals surface area (Å²) >= 11 is 0. The highest BCUT2D eigenvalue weighted by molar-refractivity contribution is 5.96. The van der Waals surface area contributed by atoms with Gasteiger partial charge in [-0.25, -0.2) is 4.98 Å². The van der Waals surface area contributed by atoms with Crippen LogP contribution in [0.4, 0.5) is 0 Å². The Bertz CT molecular complexity index is 511. The molecule has 1 aliphatic rings. The normalized spacial score (nSPS) is 24.7. The first kappa shape index (κ1) is 14.6. The molecule has 1 aromatic rings. The third-order valence-electron chi connectivity index (χ3n) is 4.14. The Morgan fingerprint density at radius 2 is 2.15 bits per heavy atom. The fourth-order valence-electron chi connectivity index (χ4n) is 2.38. The van der Waals surface area contributed by atoms with E-state index in [-0.39, 0.29) is 17.7 Å². The van der Waals surface area contributed by atoms with Crippen LogP contribution in [-0.2, 0) is 23.2 Å². The lowest BCUT2D eigenvalue weighted by molar-refractivity contribution is -0.151. The molecule has 2 rings (SSSR count). The number of imidazole rings is 1. The van der Waals surface area contributed by atoms with E-state index in [0.29, 0.717) is 6.54 Å². The second-order valence-electron chi connectivity index (χ2n) is 5.47. The molecule has 6 heteroatoms. The van der Waals surface area contributed by atoms with Crippen LogP contribution in [-0.4, -0.2) is 38.3 Å². The van der Waals surface area contributed by atoms with Crippen LogP contribution in [0, 0.1) is 5.92 Å². The Hall–Kier alpha value is -1.85. The molecule has 6 nitrogen and oxygen atoms in total. The van der Waals surface area contributed by atoms with Gasteiger partial charge in [0.15, 0.2) is 0 Å². The molecule has 1 aromatic heterocycles. The van der Waals surface area contributed by atoms with Gasteiger partial charge in [0.2, 0.25) is 11.8 Å². The fourth-order valence-corrected chi connectivity index (χ4v) is 2.38. The molecule has 0 bridgehead atoms. The predicted octanol–water partition coefficient (Wildman–Crippen LogP) is 0.682. The topological polar surface area (TPSA) is 67.2 Å². The maximum absolute atomic E-state index is 12.6. The molecule has 1 aliphatic heterocycles. The summed E-state index contributed by atoms with van der Waals surface area (Å²) in [7, 11) is 1.88. The summed E-state index contributed by atoms with van der Waals surface area (Å²) in [6.45, 7) is 6.12. The highest BCUT2D eigenvalue weighted by Gasteiger charge is 2.40. The number of nitrogens with one attached hydrogen (secondary N) is 1. The fraction of sp³-hybridized carbons (Fsp3) is 0.643. The average Bonchev–Trinajstić information content (AvgIpc) is 2.83. The first-order chi connectivity index (χ1) is 9.45. The third-order valence-corrected chi connectivity index (χ3v) is 4.14. The van der Waals surface area contributed by atoms with E-state index in [1.165, 1.54) is 0 Å². The Kier molecular flexibility index (Phi) is 4.11. The zero-order valence-corrected chi connectivity index (χ0v) is 12.5. The van der Waals surface area contributed by atoms with Gasteiger partial charge in [0.25, 0.3) is 0 Å². The van der Waals surface area contributed by atoms with Crippen LogP contribution in [0.5, 0.6) is 0 Å². The number of carbonyl (C=O) groups excluding carboxylic acids is 2. The van der Waals surface area contributed by atoms with Crippen molar-refractivity contribution in [3.63, 3.8) is 0 Å². The molecule has 110 valence electrons. The van der Waals surface area contributed by atoms with Crippen molar-refractivity contribution in [2.45, 2.75) is 45.8 Å². The zero-order chi connectivity index (χ0) is 14.9. The second kappa shape index (κ2) is 5.64. The number of carbonyl (C=O) groups is 2. The molecule has 2 heterocycles. The standard InChI is InChI=1S/C14H22N4O2/c1-5-9(2)12-14(20)18(10(3)13(19)16-12)8-11-15-6-7-17(11)4/h6-7,9-10,12H,5,8H2,1-4H3,(H,16,19). The van der Waals surface area contributed by atoms with Gasteiger partial charge in [-0.3, -0.25) is 9.59 Å². The van der Waals surface area contributed by atoms with E-state index in [0.717, 1.165) is 12.2 Å². The third kappa shape index (κ3) is 2.55. The molecule has 1 N–H and O–H groups in total. The average molecular weight is 278 g/mol. The molecule has 3 atom stereocenters. The lowest BCUT2D eigenvalue weighted by Gasteiger charge is -2.39. The number of piperazine rings is 1. The van der Waals surface area contributed by atoms with Crippen molar-refractivity contribution in [1.29, 1.82) is 0 Å². The minimum absolute atomic E-state index is 0.0190. The number of aromatic nitrogens is 2. The van der Waals surface area contributed by atoms with E-state index in [4.69, 9.17) is 0 Å². The van der Waals surface area contributed by atoms with Crippen molar-refractivity contribution in [1.82, 2.24) is 19.8 Å². The molecule has 1 fully saturated rings. The smallest absolute Gasteiger partial charge is 0.246 e. The monoisotopic (exact) mass is 278 g/mol. The summed E-state index contributed by atoms with van der Waals surface area (Å²) < 4.78 is 1.87. The largest absolute Gasteiger partial charge is 0.342 e. The van der Waals surface area contributed by atoms with Crippen molar-refractivity contribution >= 4 is 11.8 Å². The van der Waals surface area contributed by atoms with Crippen molar-refractivity contribution in [2.75, 3.05) is 0 Å². The van der Waals surface area contributed by atoms with Gasteiger partial charge >= 0.3 is 0 Å². The van der Waals surface area contributed by atoms with Gasteiger partial charge in [-0.15, -0.1) is 0 Å². The number of amides is 2.